The van der Waals surface area contributed by atoms with Gasteiger partial charge in [-0.05, 0) is 109 Å². The third-order valence-electron chi connectivity index (χ3n) is 7.34. The Kier molecular flexibility index (Phi) is 18.5. The summed E-state index contributed by atoms with van der Waals surface area (Å²) in [6, 6.07) is 19.7. The summed E-state index contributed by atoms with van der Waals surface area (Å²) in [5, 5.41) is 18.9. The number of benzene rings is 3. The van der Waals surface area contributed by atoms with Crippen LogP contribution in [0.25, 0.3) is 12.2 Å². The summed E-state index contributed by atoms with van der Waals surface area (Å²) in [6.07, 6.45) is 7.46. The van der Waals surface area contributed by atoms with Gasteiger partial charge in [-0.1, -0.05) is 25.3 Å². The molecule has 56 heavy (non-hydrogen) atoms. The first-order valence-electron chi connectivity index (χ1n) is 17.1. The molecule has 3 aromatic rings. The minimum atomic E-state index is -0.895. The highest BCUT2D eigenvalue weighted by molar-refractivity contribution is 8.14. The fraction of sp³-hybridized carbons (Fsp3) is 0.238. The zero-order valence-electron chi connectivity index (χ0n) is 30.9. The highest BCUT2D eigenvalue weighted by Gasteiger charge is 2.16. The van der Waals surface area contributed by atoms with Crippen molar-refractivity contribution in [2.75, 3.05) is 40.6 Å². The van der Waals surface area contributed by atoms with Crippen molar-refractivity contribution in [1.29, 1.82) is 10.5 Å². The molecule has 0 unspecified atom stereocenters. The number of ether oxygens (including phenoxy) is 7. The van der Waals surface area contributed by atoms with Crippen LogP contribution in [-0.4, -0.2) is 63.7 Å². The van der Waals surface area contributed by atoms with Gasteiger partial charge in [0.05, 0.1) is 40.6 Å². The van der Waals surface area contributed by atoms with Crippen LogP contribution < -0.4 is 23.7 Å². The molecule has 0 aliphatic carbocycles. The number of nitriles is 2. The van der Waals surface area contributed by atoms with Gasteiger partial charge in [-0.25, -0.2) is 14.4 Å². The molecular formula is C42H40N2O11S. The Morgan fingerprint density at radius 2 is 1.11 bits per heavy atom. The lowest BCUT2D eigenvalue weighted by atomic mass is 10.1. The van der Waals surface area contributed by atoms with E-state index in [2.05, 4.69) is 13.2 Å². The number of thioether (sulfide) groups is 1. The van der Waals surface area contributed by atoms with Crippen LogP contribution in [0, 0.1) is 22.7 Å². The SMILES string of the molecule is C=CC(=O)OCCCCOc1ccc(/C=C(\C#N)C(=O)Oc2ccc(SC(=O)/C(C#N)=C/c3ccc(OCCCCOC(=O)C=C)c(OC)c3)cc2)cc1OC. The molecular weight excluding hydrogens is 741 g/mol. The van der Waals surface area contributed by atoms with E-state index in [9.17, 15) is 29.7 Å². The van der Waals surface area contributed by atoms with Crippen molar-refractivity contribution < 1.29 is 52.3 Å². The highest BCUT2D eigenvalue weighted by atomic mass is 32.2. The molecule has 0 aliphatic rings. The Hall–Kier alpha value is -6.77. The van der Waals surface area contributed by atoms with E-state index in [1.807, 2.05) is 12.1 Å². The molecule has 14 heteroatoms. The summed E-state index contributed by atoms with van der Waals surface area (Å²) in [4.78, 5) is 48.6. The minimum absolute atomic E-state index is 0.112. The number of rotatable bonds is 22. The Morgan fingerprint density at radius 3 is 1.55 bits per heavy atom. The number of hydrogen-bond donors (Lipinski definition) is 0. The van der Waals surface area contributed by atoms with E-state index in [0.29, 0.717) is 77.9 Å². The van der Waals surface area contributed by atoms with Crippen LogP contribution in [0.5, 0.6) is 28.7 Å². The van der Waals surface area contributed by atoms with E-state index in [-0.39, 0.29) is 30.1 Å². The second-order valence-corrected chi connectivity index (χ2v) is 12.3. The number of hydrogen-bond acceptors (Lipinski definition) is 14. The largest absolute Gasteiger partial charge is 0.493 e. The predicted molar refractivity (Wildman–Crippen MR) is 208 cm³/mol. The van der Waals surface area contributed by atoms with E-state index < -0.39 is 23.0 Å². The van der Waals surface area contributed by atoms with Crippen molar-refractivity contribution in [2.24, 2.45) is 0 Å². The quantitative estimate of drug-likeness (QED) is 0.0249. The zero-order valence-corrected chi connectivity index (χ0v) is 31.8. The lowest BCUT2D eigenvalue weighted by molar-refractivity contribution is -0.138. The van der Waals surface area contributed by atoms with E-state index >= 15 is 0 Å². The molecule has 0 spiro atoms. The molecule has 0 radical (unpaired) electrons. The molecule has 0 N–H and O–H groups in total. The molecule has 0 saturated heterocycles. The number of methoxy groups -OCH3 is 2. The topological polar surface area (TPSA) is 180 Å². The molecule has 0 aromatic heterocycles. The van der Waals surface area contributed by atoms with Crippen molar-refractivity contribution in [1.82, 2.24) is 0 Å². The molecule has 0 aliphatic heterocycles. The molecule has 0 bridgehead atoms. The summed E-state index contributed by atoms with van der Waals surface area (Å²) in [7, 11) is 2.94. The fourth-order valence-electron chi connectivity index (χ4n) is 4.53. The molecule has 0 saturated carbocycles. The van der Waals surface area contributed by atoms with Gasteiger partial charge in [-0.3, -0.25) is 4.79 Å². The molecule has 0 fully saturated rings. The first kappa shape index (κ1) is 43.6. The summed E-state index contributed by atoms with van der Waals surface area (Å²) in [5.74, 6) is 0.00271. The number of carbonyl (C=O) groups excluding carboxylic acids is 4. The standard InChI is InChI=1S/C42H40N2O11S/c1-5-39(45)53-21-9-7-19-51-35-17-11-29(25-37(35)49-3)23-31(27-43)41(47)55-33-13-15-34(16-14-33)56-42(48)32(28-44)24-30-12-18-36(38(26-30)50-4)52-20-8-10-22-54-40(46)6-2/h5-6,11-18,23-26H,1-2,7-10,19-22H2,3-4H3/b31-23+,32-24+. The van der Waals surface area contributed by atoms with Crippen LogP contribution in [-0.2, 0) is 28.7 Å². The average Bonchev–Trinajstić information content (AvgIpc) is 3.22. The first-order chi connectivity index (χ1) is 27.1. The lowest BCUT2D eigenvalue weighted by Gasteiger charge is -2.11. The van der Waals surface area contributed by atoms with Gasteiger partial charge >= 0.3 is 17.9 Å². The fourth-order valence-corrected chi connectivity index (χ4v) is 5.23. The Bertz CT molecular complexity index is 1880. The summed E-state index contributed by atoms with van der Waals surface area (Å²) >= 11 is 0.814. The van der Waals surface area contributed by atoms with Gasteiger partial charge in [0.25, 0.3) is 0 Å². The van der Waals surface area contributed by atoms with E-state index in [1.165, 1.54) is 38.5 Å². The Balaban J connectivity index is 1.56. The van der Waals surface area contributed by atoms with Gasteiger partial charge in [0, 0.05) is 17.0 Å². The van der Waals surface area contributed by atoms with Gasteiger partial charge in [-0.15, -0.1) is 0 Å². The Labute approximate surface area is 329 Å². The molecule has 3 rings (SSSR count). The maximum atomic E-state index is 13.0. The van der Waals surface area contributed by atoms with Crippen molar-refractivity contribution in [2.45, 2.75) is 30.6 Å². The van der Waals surface area contributed by atoms with Gasteiger partial charge in [0.2, 0.25) is 5.12 Å². The van der Waals surface area contributed by atoms with Crippen molar-refractivity contribution >= 4 is 46.9 Å². The summed E-state index contributed by atoms with van der Waals surface area (Å²) < 4.78 is 37.7. The van der Waals surface area contributed by atoms with Gasteiger partial charge in [0.15, 0.2) is 23.0 Å². The monoisotopic (exact) mass is 780 g/mol. The van der Waals surface area contributed by atoms with Crippen LogP contribution in [0.2, 0.25) is 0 Å². The molecule has 0 amide bonds. The number of carbonyl (C=O) groups is 4. The zero-order chi connectivity index (χ0) is 40.7. The van der Waals surface area contributed by atoms with Crippen LogP contribution in [0.4, 0.5) is 0 Å². The molecule has 13 nitrogen and oxygen atoms in total. The maximum absolute atomic E-state index is 13.0. The summed E-state index contributed by atoms with van der Waals surface area (Å²) in [5.41, 5.74) is 0.650. The minimum Gasteiger partial charge on any atom is -0.493 e. The van der Waals surface area contributed by atoms with E-state index in [0.717, 1.165) is 23.9 Å². The van der Waals surface area contributed by atoms with Gasteiger partial charge in [0.1, 0.15) is 29.0 Å². The average molecular weight is 781 g/mol. The first-order valence-corrected chi connectivity index (χ1v) is 17.9. The normalized spacial score (nSPS) is 10.9. The van der Waals surface area contributed by atoms with Gasteiger partial charge < -0.3 is 33.2 Å². The van der Waals surface area contributed by atoms with Gasteiger partial charge in [-0.2, -0.15) is 10.5 Å². The molecule has 0 heterocycles. The number of nitrogens with zero attached hydrogens (tertiary/aromatic N) is 2. The third kappa shape index (κ3) is 14.6. The second-order valence-electron chi connectivity index (χ2n) is 11.3. The van der Waals surface area contributed by atoms with Crippen LogP contribution in [0.3, 0.4) is 0 Å². The maximum Gasteiger partial charge on any atom is 0.354 e. The van der Waals surface area contributed by atoms with E-state index in [1.54, 1.807) is 48.5 Å². The third-order valence-corrected chi connectivity index (χ3v) is 8.25. The van der Waals surface area contributed by atoms with E-state index in [4.69, 9.17) is 33.2 Å². The predicted octanol–water partition coefficient (Wildman–Crippen LogP) is 7.22. The second kappa shape index (κ2) is 23.8. The Morgan fingerprint density at radius 1 is 0.643 bits per heavy atom. The molecule has 290 valence electrons. The van der Waals surface area contributed by atoms with Crippen LogP contribution in [0.1, 0.15) is 36.8 Å². The van der Waals surface area contributed by atoms with Crippen molar-refractivity contribution in [3.8, 4) is 40.9 Å². The molecule has 3 aromatic carbocycles. The molecule has 0 atom stereocenters. The van der Waals surface area contributed by atoms with Crippen molar-refractivity contribution in [3.63, 3.8) is 0 Å². The number of esters is 3. The number of unbranched alkanes of at least 4 members (excludes halogenated alkanes) is 2. The lowest BCUT2D eigenvalue weighted by Crippen LogP contribution is -2.10. The smallest absolute Gasteiger partial charge is 0.354 e. The van der Waals surface area contributed by atoms with Crippen LogP contribution in [0.15, 0.2) is 102 Å². The van der Waals surface area contributed by atoms with Crippen molar-refractivity contribution in [3.05, 3.63) is 108 Å². The summed E-state index contributed by atoms with van der Waals surface area (Å²) in [6.45, 7) is 7.90. The van der Waals surface area contributed by atoms with Crippen LogP contribution >= 0.6 is 11.8 Å². The highest BCUT2D eigenvalue weighted by Crippen LogP contribution is 2.32.